The molecule has 1 aliphatic heterocycles. The summed E-state index contributed by atoms with van der Waals surface area (Å²) in [7, 11) is 0. The second-order valence-corrected chi connectivity index (χ2v) is 7.42. The summed E-state index contributed by atoms with van der Waals surface area (Å²) in [6, 6.07) is 2.01. The van der Waals surface area contributed by atoms with Crippen molar-refractivity contribution in [2.24, 2.45) is 0 Å². The highest BCUT2D eigenvalue weighted by Gasteiger charge is 2.35. The van der Waals surface area contributed by atoms with Crippen LogP contribution in [0.4, 0.5) is 0 Å². The smallest absolute Gasteiger partial charge is 0.254 e. The van der Waals surface area contributed by atoms with Crippen LogP contribution >= 0.6 is 0 Å². The Morgan fingerprint density at radius 2 is 2.00 bits per heavy atom. The first-order chi connectivity index (χ1) is 12.6. The van der Waals surface area contributed by atoms with Gasteiger partial charge in [0.25, 0.3) is 5.91 Å². The molecule has 0 radical (unpaired) electrons. The Balaban J connectivity index is 1.44. The highest BCUT2D eigenvalue weighted by molar-refractivity contribution is 5.96. The van der Waals surface area contributed by atoms with E-state index in [9.17, 15) is 9.59 Å². The van der Waals surface area contributed by atoms with Gasteiger partial charge >= 0.3 is 0 Å². The molecule has 0 aromatic carbocycles. The number of amides is 2. The molecule has 2 fully saturated rings. The van der Waals surface area contributed by atoms with Crippen molar-refractivity contribution in [2.45, 2.75) is 64.0 Å². The molecule has 0 bridgehead atoms. The van der Waals surface area contributed by atoms with Gasteiger partial charge in [0.15, 0.2) is 5.65 Å². The zero-order valence-electron chi connectivity index (χ0n) is 15.1. The summed E-state index contributed by atoms with van der Waals surface area (Å²) in [4.78, 5) is 31.5. The van der Waals surface area contributed by atoms with E-state index in [-0.39, 0.29) is 17.9 Å². The van der Waals surface area contributed by atoms with Crippen LogP contribution in [0, 0.1) is 6.92 Å². The summed E-state index contributed by atoms with van der Waals surface area (Å²) in [5, 5.41) is 7.22. The lowest BCUT2D eigenvalue weighted by molar-refractivity contribution is -0.129. The number of rotatable bonds is 3. The van der Waals surface area contributed by atoms with Gasteiger partial charge in [0.1, 0.15) is 0 Å². The number of nitrogens with zero attached hydrogens (tertiary/aromatic N) is 4. The van der Waals surface area contributed by atoms with Crippen LogP contribution in [-0.4, -0.2) is 49.9 Å². The fourth-order valence-electron chi connectivity index (χ4n) is 4.23. The van der Waals surface area contributed by atoms with E-state index in [1.165, 1.54) is 25.7 Å². The van der Waals surface area contributed by atoms with E-state index in [0.29, 0.717) is 24.6 Å². The molecule has 2 aromatic heterocycles. The molecule has 3 heterocycles. The van der Waals surface area contributed by atoms with Crippen molar-refractivity contribution >= 4 is 17.5 Å². The standard InChI is InChI=1S/C19H25N5O2/c1-13-16(11-20-17-8-9-21-24(13)17)19(26)22-14-10-18(25)23(12-14)15-6-4-2-3-5-7-15/h8-9,11,14-15H,2-7,10,12H2,1H3,(H,22,26). The fourth-order valence-corrected chi connectivity index (χ4v) is 4.23. The lowest BCUT2D eigenvalue weighted by Gasteiger charge is -2.27. The number of aryl methyl sites for hydroxylation is 1. The first-order valence-electron chi connectivity index (χ1n) is 9.53. The Hall–Kier alpha value is -2.44. The highest BCUT2D eigenvalue weighted by Crippen LogP contribution is 2.26. The first kappa shape index (κ1) is 17.0. The molecule has 138 valence electrons. The summed E-state index contributed by atoms with van der Waals surface area (Å²) in [6.45, 7) is 2.47. The van der Waals surface area contributed by atoms with Crippen molar-refractivity contribution in [2.75, 3.05) is 6.54 Å². The predicted molar refractivity (Wildman–Crippen MR) is 96.8 cm³/mol. The monoisotopic (exact) mass is 355 g/mol. The number of hydrogen-bond acceptors (Lipinski definition) is 4. The third kappa shape index (κ3) is 3.18. The summed E-state index contributed by atoms with van der Waals surface area (Å²) >= 11 is 0. The molecular weight excluding hydrogens is 330 g/mol. The Labute approximate surface area is 152 Å². The average Bonchev–Trinajstić information content (AvgIpc) is 3.14. The van der Waals surface area contributed by atoms with Crippen LogP contribution in [0.25, 0.3) is 5.65 Å². The lowest BCUT2D eigenvalue weighted by atomic mass is 10.1. The number of fused-ring (bicyclic) bond motifs is 1. The fraction of sp³-hybridized carbons (Fsp3) is 0.579. The molecule has 2 aliphatic rings. The zero-order valence-corrected chi connectivity index (χ0v) is 15.1. The van der Waals surface area contributed by atoms with Crippen molar-refractivity contribution in [1.82, 2.24) is 24.8 Å². The summed E-state index contributed by atoms with van der Waals surface area (Å²) < 4.78 is 1.66. The molecule has 0 spiro atoms. The number of hydrogen-bond donors (Lipinski definition) is 1. The molecule has 1 unspecified atom stereocenters. The number of likely N-dealkylation sites (tertiary alicyclic amines) is 1. The largest absolute Gasteiger partial charge is 0.347 e. The third-order valence-electron chi connectivity index (χ3n) is 5.66. The van der Waals surface area contributed by atoms with E-state index < -0.39 is 0 Å². The van der Waals surface area contributed by atoms with Crippen LogP contribution in [0.15, 0.2) is 18.5 Å². The maximum Gasteiger partial charge on any atom is 0.254 e. The molecular formula is C19H25N5O2. The molecule has 1 aliphatic carbocycles. The highest BCUT2D eigenvalue weighted by atomic mass is 16.2. The Morgan fingerprint density at radius 1 is 1.23 bits per heavy atom. The Morgan fingerprint density at radius 3 is 2.77 bits per heavy atom. The molecule has 1 saturated carbocycles. The minimum atomic E-state index is -0.187. The van der Waals surface area contributed by atoms with Gasteiger partial charge in [-0.3, -0.25) is 9.59 Å². The summed E-state index contributed by atoms with van der Waals surface area (Å²) in [5.74, 6) is -0.0208. The first-order valence-corrected chi connectivity index (χ1v) is 9.53. The van der Waals surface area contributed by atoms with Crippen LogP contribution < -0.4 is 5.32 Å². The van der Waals surface area contributed by atoms with Gasteiger partial charge in [0.05, 0.1) is 23.5 Å². The van der Waals surface area contributed by atoms with Gasteiger partial charge in [-0.1, -0.05) is 25.7 Å². The Bertz CT molecular complexity index is 822. The molecule has 1 N–H and O–H groups in total. The second-order valence-electron chi connectivity index (χ2n) is 7.42. The van der Waals surface area contributed by atoms with Gasteiger partial charge in [-0.05, 0) is 19.8 Å². The van der Waals surface area contributed by atoms with Crippen molar-refractivity contribution < 1.29 is 9.59 Å². The van der Waals surface area contributed by atoms with Crippen LogP contribution in [0.2, 0.25) is 0 Å². The zero-order chi connectivity index (χ0) is 18.1. The SMILES string of the molecule is Cc1c(C(=O)NC2CC(=O)N(C3CCCCCC3)C2)cnc2ccnn12. The maximum atomic E-state index is 12.7. The van der Waals surface area contributed by atoms with E-state index in [1.807, 2.05) is 11.8 Å². The van der Waals surface area contributed by atoms with E-state index in [4.69, 9.17) is 0 Å². The van der Waals surface area contributed by atoms with Gasteiger partial charge in [-0.25, -0.2) is 9.50 Å². The van der Waals surface area contributed by atoms with Crippen LogP contribution in [0.3, 0.4) is 0 Å². The molecule has 2 aromatic rings. The van der Waals surface area contributed by atoms with Gasteiger partial charge < -0.3 is 10.2 Å². The number of carbonyl (C=O) groups is 2. The van der Waals surface area contributed by atoms with Gasteiger partial charge in [0, 0.05) is 31.3 Å². The van der Waals surface area contributed by atoms with E-state index in [1.54, 1.807) is 23.0 Å². The minimum Gasteiger partial charge on any atom is -0.347 e. The quantitative estimate of drug-likeness (QED) is 0.855. The van der Waals surface area contributed by atoms with E-state index in [0.717, 1.165) is 24.2 Å². The topological polar surface area (TPSA) is 79.6 Å². The van der Waals surface area contributed by atoms with Crippen molar-refractivity contribution in [3.8, 4) is 0 Å². The molecule has 1 saturated heterocycles. The van der Waals surface area contributed by atoms with Crippen LogP contribution in [0.1, 0.15) is 61.0 Å². The minimum absolute atomic E-state index is 0.133. The number of aromatic nitrogens is 3. The second kappa shape index (κ2) is 7.05. The van der Waals surface area contributed by atoms with E-state index in [2.05, 4.69) is 15.4 Å². The molecule has 7 heteroatoms. The van der Waals surface area contributed by atoms with Crippen molar-refractivity contribution in [1.29, 1.82) is 0 Å². The number of nitrogens with one attached hydrogen (secondary N) is 1. The molecule has 4 rings (SSSR count). The third-order valence-corrected chi connectivity index (χ3v) is 5.66. The van der Waals surface area contributed by atoms with Crippen molar-refractivity contribution in [3.63, 3.8) is 0 Å². The van der Waals surface area contributed by atoms with E-state index >= 15 is 0 Å². The van der Waals surface area contributed by atoms with Crippen LogP contribution in [-0.2, 0) is 4.79 Å². The molecule has 1 atom stereocenters. The Kier molecular flexibility index (Phi) is 4.61. The van der Waals surface area contributed by atoms with Crippen LogP contribution in [0.5, 0.6) is 0 Å². The number of carbonyl (C=O) groups excluding carboxylic acids is 2. The maximum absolute atomic E-state index is 12.7. The molecule has 2 amide bonds. The predicted octanol–water partition coefficient (Wildman–Crippen LogP) is 2.09. The molecule has 26 heavy (non-hydrogen) atoms. The van der Waals surface area contributed by atoms with Gasteiger partial charge in [-0.15, -0.1) is 0 Å². The summed E-state index contributed by atoms with van der Waals surface area (Å²) in [6.07, 6.45) is 10.7. The average molecular weight is 355 g/mol. The van der Waals surface area contributed by atoms with Gasteiger partial charge in [0.2, 0.25) is 5.91 Å². The van der Waals surface area contributed by atoms with Crippen molar-refractivity contribution in [3.05, 3.63) is 29.7 Å². The van der Waals surface area contributed by atoms with Gasteiger partial charge in [-0.2, -0.15) is 5.10 Å². The normalized spacial score (nSPS) is 22.0. The lowest BCUT2D eigenvalue weighted by Crippen LogP contribution is -2.40. The molecule has 7 nitrogen and oxygen atoms in total. The summed E-state index contributed by atoms with van der Waals surface area (Å²) in [5.41, 5.74) is 1.97.